The second kappa shape index (κ2) is 10.8. The van der Waals surface area contributed by atoms with Crippen molar-refractivity contribution in [3.63, 3.8) is 0 Å². The molecule has 0 bridgehead atoms. The third kappa shape index (κ3) is 6.64. The van der Waals surface area contributed by atoms with E-state index in [4.69, 9.17) is 23.2 Å². The van der Waals surface area contributed by atoms with Gasteiger partial charge in [-0.3, -0.25) is 9.98 Å². The van der Waals surface area contributed by atoms with Gasteiger partial charge in [-0.25, -0.2) is 0 Å². The highest BCUT2D eigenvalue weighted by molar-refractivity contribution is 14.0. The van der Waals surface area contributed by atoms with E-state index in [0.717, 1.165) is 24.5 Å². The molecule has 2 rings (SSSR count). The van der Waals surface area contributed by atoms with Crippen molar-refractivity contribution in [3.05, 3.63) is 63.4 Å². The Labute approximate surface area is 176 Å². The van der Waals surface area contributed by atoms with Gasteiger partial charge in [0, 0.05) is 39.6 Å². The summed E-state index contributed by atoms with van der Waals surface area (Å²) in [6, 6.07) is 7.72. The Morgan fingerprint density at radius 1 is 1.24 bits per heavy atom. The fourth-order valence-corrected chi connectivity index (χ4v) is 2.78. The number of pyridine rings is 1. The van der Waals surface area contributed by atoms with Gasteiger partial charge in [-0.1, -0.05) is 29.3 Å². The van der Waals surface area contributed by atoms with Gasteiger partial charge in [-0.15, -0.1) is 24.0 Å². The lowest BCUT2D eigenvalue weighted by Gasteiger charge is -2.22. The minimum Gasteiger partial charge on any atom is -0.356 e. The van der Waals surface area contributed by atoms with Crippen LogP contribution in [0.15, 0.2) is 41.7 Å². The van der Waals surface area contributed by atoms with Crippen LogP contribution in [0.4, 0.5) is 0 Å². The number of benzene rings is 1. The molecule has 0 aliphatic carbocycles. The van der Waals surface area contributed by atoms with Crippen LogP contribution in [0, 0.1) is 6.92 Å². The van der Waals surface area contributed by atoms with E-state index >= 15 is 0 Å². The number of guanidine groups is 1. The lowest BCUT2D eigenvalue weighted by Crippen LogP contribution is -2.39. The molecule has 25 heavy (non-hydrogen) atoms. The smallest absolute Gasteiger partial charge is 0.193 e. The zero-order chi connectivity index (χ0) is 17.5. The molecule has 4 nitrogen and oxygen atoms in total. The summed E-state index contributed by atoms with van der Waals surface area (Å²) in [5.74, 6) is 0.841. The number of nitrogens with zero attached hydrogens (tertiary/aromatic N) is 3. The van der Waals surface area contributed by atoms with Crippen molar-refractivity contribution in [1.82, 2.24) is 15.2 Å². The number of hydrogen-bond acceptors (Lipinski definition) is 2. The average Bonchev–Trinajstić information content (AvgIpc) is 2.56. The number of aryl methyl sites for hydroxylation is 1. The van der Waals surface area contributed by atoms with Gasteiger partial charge >= 0.3 is 0 Å². The van der Waals surface area contributed by atoms with Gasteiger partial charge in [0.2, 0.25) is 0 Å². The van der Waals surface area contributed by atoms with E-state index in [0.29, 0.717) is 16.6 Å². The van der Waals surface area contributed by atoms with Crippen molar-refractivity contribution in [2.24, 2.45) is 4.99 Å². The summed E-state index contributed by atoms with van der Waals surface area (Å²) in [5.41, 5.74) is 3.58. The standard InChI is InChI=1S/C18H22Cl2N4.HI/c1-13-11-22-8-6-15(13)7-9-23-18(21-2)24(3)12-14-4-5-16(19)17(20)10-14;/h4-6,8,10-11H,7,9,12H2,1-3H3,(H,21,23);1H. The van der Waals surface area contributed by atoms with Crippen LogP contribution >= 0.6 is 47.2 Å². The van der Waals surface area contributed by atoms with Crippen molar-refractivity contribution in [1.29, 1.82) is 0 Å². The molecule has 1 heterocycles. The number of aromatic nitrogens is 1. The molecule has 0 fully saturated rings. The van der Waals surface area contributed by atoms with Gasteiger partial charge in [0.15, 0.2) is 5.96 Å². The second-order valence-electron chi connectivity index (χ2n) is 5.63. The Morgan fingerprint density at radius 2 is 2.00 bits per heavy atom. The van der Waals surface area contributed by atoms with Crippen LogP contribution in [0.3, 0.4) is 0 Å². The summed E-state index contributed by atoms with van der Waals surface area (Å²) in [6.07, 6.45) is 4.64. The van der Waals surface area contributed by atoms with Crippen LogP contribution in [0.1, 0.15) is 16.7 Å². The first kappa shape index (κ1) is 22.0. The first-order chi connectivity index (χ1) is 11.5. The highest BCUT2D eigenvalue weighted by atomic mass is 127. The Morgan fingerprint density at radius 3 is 2.64 bits per heavy atom. The van der Waals surface area contributed by atoms with E-state index in [1.165, 1.54) is 11.1 Å². The fourth-order valence-electron chi connectivity index (χ4n) is 2.46. The van der Waals surface area contributed by atoms with E-state index < -0.39 is 0 Å². The third-order valence-corrected chi connectivity index (χ3v) is 4.53. The predicted octanol–water partition coefficient (Wildman–Crippen LogP) is 4.56. The molecule has 1 aromatic heterocycles. The third-order valence-electron chi connectivity index (χ3n) is 3.79. The minimum atomic E-state index is 0. The van der Waals surface area contributed by atoms with Crippen LogP contribution in [-0.2, 0) is 13.0 Å². The predicted molar refractivity (Wildman–Crippen MR) is 117 cm³/mol. The molecule has 7 heteroatoms. The van der Waals surface area contributed by atoms with E-state index in [2.05, 4.69) is 33.2 Å². The van der Waals surface area contributed by atoms with Crippen LogP contribution in [0.2, 0.25) is 10.0 Å². The quantitative estimate of drug-likeness (QED) is 0.377. The molecule has 1 aromatic carbocycles. The van der Waals surface area contributed by atoms with Crippen LogP contribution < -0.4 is 5.32 Å². The van der Waals surface area contributed by atoms with E-state index in [1.54, 1.807) is 7.05 Å². The lowest BCUT2D eigenvalue weighted by atomic mass is 10.1. The number of nitrogens with one attached hydrogen (secondary N) is 1. The maximum atomic E-state index is 6.08. The Balaban J connectivity index is 0.00000312. The molecule has 0 radical (unpaired) electrons. The van der Waals surface area contributed by atoms with Crippen molar-refractivity contribution in [2.75, 3.05) is 20.6 Å². The van der Waals surface area contributed by atoms with E-state index in [1.807, 2.05) is 37.6 Å². The van der Waals surface area contributed by atoms with Crippen LogP contribution in [0.5, 0.6) is 0 Å². The van der Waals surface area contributed by atoms with E-state index in [9.17, 15) is 0 Å². The second-order valence-corrected chi connectivity index (χ2v) is 6.45. The van der Waals surface area contributed by atoms with Crippen molar-refractivity contribution >= 4 is 53.1 Å². The summed E-state index contributed by atoms with van der Waals surface area (Å²) in [6.45, 7) is 3.58. The van der Waals surface area contributed by atoms with Gasteiger partial charge in [-0.2, -0.15) is 0 Å². The molecule has 0 amide bonds. The Bertz CT molecular complexity index is 722. The van der Waals surface area contributed by atoms with Gasteiger partial charge < -0.3 is 10.2 Å². The fraction of sp³-hybridized carbons (Fsp3) is 0.333. The summed E-state index contributed by atoms with van der Waals surface area (Å²) < 4.78 is 0. The number of halogens is 3. The van der Waals surface area contributed by atoms with Gasteiger partial charge in [0.1, 0.15) is 0 Å². The molecule has 0 spiro atoms. The first-order valence-electron chi connectivity index (χ1n) is 7.76. The SMILES string of the molecule is CN=C(NCCc1ccncc1C)N(C)Cc1ccc(Cl)c(Cl)c1.I. The molecule has 0 saturated heterocycles. The van der Waals surface area contributed by atoms with Gasteiger partial charge in [-0.05, 0) is 48.2 Å². The summed E-state index contributed by atoms with van der Waals surface area (Å²) >= 11 is 12.0. The number of aliphatic imine (C=N–C) groups is 1. The van der Waals surface area contributed by atoms with E-state index in [-0.39, 0.29) is 24.0 Å². The lowest BCUT2D eigenvalue weighted by molar-refractivity contribution is 0.477. The number of rotatable bonds is 5. The largest absolute Gasteiger partial charge is 0.356 e. The maximum absolute atomic E-state index is 6.08. The molecular formula is C18H23Cl2IN4. The zero-order valence-electron chi connectivity index (χ0n) is 14.6. The average molecular weight is 493 g/mol. The summed E-state index contributed by atoms with van der Waals surface area (Å²) in [7, 11) is 3.78. The molecule has 0 aliphatic rings. The Kier molecular flexibility index (Phi) is 9.53. The summed E-state index contributed by atoms with van der Waals surface area (Å²) in [4.78, 5) is 10.5. The van der Waals surface area contributed by atoms with Crippen LogP contribution in [-0.4, -0.2) is 36.5 Å². The molecule has 136 valence electrons. The molecule has 0 aliphatic heterocycles. The zero-order valence-corrected chi connectivity index (χ0v) is 18.4. The molecule has 2 aromatic rings. The topological polar surface area (TPSA) is 40.5 Å². The highest BCUT2D eigenvalue weighted by Crippen LogP contribution is 2.23. The van der Waals surface area contributed by atoms with Gasteiger partial charge in [0.05, 0.1) is 10.0 Å². The van der Waals surface area contributed by atoms with Crippen molar-refractivity contribution in [3.8, 4) is 0 Å². The Hall–Kier alpha value is -1.05. The van der Waals surface area contributed by atoms with Crippen molar-refractivity contribution in [2.45, 2.75) is 19.9 Å². The normalized spacial score (nSPS) is 11.0. The van der Waals surface area contributed by atoms with Crippen molar-refractivity contribution < 1.29 is 0 Å². The molecule has 1 N–H and O–H groups in total. The van der Waals surface area contributed by atoms with Gasteiger partial charge in [0.25, 0.3) is 0 Å². The maximum Gasteiger partial charge on any atom is 0.193 e. The molecular weight excluding hydrogens is 470 g/mol. The summed E-state index contributed by atoms with van der Waals surface area (Å²) in [5, 5.41) is 4.52. The van der Waals surface area contributed by atoms with Crippen LogP contribution in [0.25, 0.3) is 0 Å². The molecule has 0 unspecified atom stereocenters. The highest BCUT2D eigenvalue weighted by Gasteiger charge is 2.08. The monoisotopic (exact) mass is 492 g/mol. The number of hydrogen-bond donors (Lipinski definition) is 1. The minimum absolute atomic E-state index is 0. The molecule has 0 atom stereocenters. The molecule has 0 saturated carbocycles. The first-order valence-corrected chi connectivity index (χ1v) is 8.52.